The summed E-state index contributed by atoms with van der Waals surface area (Å²) in [5.41, 5.74) is 3.35. The second-order valence-electron chi connectivity index (χ2n) is 5.81. The monoisotopic (exact) mass is 393 g/mol. The lowest BCUT2D eigenvalue weighted by Crippen LogP contribution is -2.29. The van der Waals surface area contributed by atoms with E-state index in [2.05, 4.69) is 30.6 Å². The quantitative estimate of drug-likeness (QED) is 0.322. The highest BCUT2D eigenvalue weighted by Gasteiger charge is 2.18. The smallest absolute Gasteiger partial charge is 0.285 e. The fraction of sp³-hybridized carbons (Fsp3) is 0.0556. The number of carbonyl (C=O) groups excluding carboxylic acids is 1. The van der Waals surface area contributed by atoms with Crippen molar-refractivity contribution >= 4 is 45.9 Å². The van der Waals surface area contributed by atoms with Crippen LogP contribution in [0.3, 0.4) is 0 Å². The Morgan fingerprint density at radius 3 is 2.75 bits per heavy atom. The largest absolute Gasteiger partial charge is 0.295 e. The predicted octanol–water partition coefficient (Wildman–Crippen LogP) is 1.69. The molecule has 0 aliphatic rings. The predicted molar refractivity (Wildman–Crippen MR) is 104 cm³/mol. The summed E-state index contributed by atoms with van der Waals surface area (Å²) in [6.07, 6.45) is 4.62. The van der Waals surface area contributed by atoms with Crippen LogP contribution in [0.5, 0.6) is 0 Å². The number of benzene rings is 1. The van der Waals surface area contributed by atoms with Crippen LogP contribution < -0.4 is 10.9 Å². The van der Waals surface area contributed by atoms with Crippen molar-refractivity contribution in [3.05, 3.63) is 69.2 Å². The van der Waals surface area contributed by atoms with Crippen LogP contribution in [-0.4, -0.2) is 36.9 Å². The number of hydrogen-bond donors (Lipinski definition) is 1. The number of aryl methyl sites for hydroxylation is 1. The third kappa shape index (κ3) is 3.30. The van der Waals surface area contributed by atoms with E-state index >= 15 is 0 Å². The molecule has 1 N–H and O–H groups in total. The van der Waals surface area contributed by atoms with Gasteiger partial charge in [0, 0.05) is 24.5 Å². The van der Waals surface area contributed by atoms with Crippen LogP contribution in [0.25, 0.3) is 22.2 Å². The lowest BCUT2D eigenvalue weighted by molar-refractivity contribution is 0.0947. The molecule has 3 heterocycles. The SMILES string of the molecule is Cn1nc(C(=O)N/N=C/c2ccncc2)c(=O)c2nc3cc(Cl)ccc3nc21. The van der Waals surface area contributed by atoms with Crippen LogP contribution in [0, 0.1) is 0 Å². The van der Waals surface area contributed by atoms with Crippen LogP contribution in [-0.2, 0) is 7.05 Å². The molecule has 0 unspecified atom stereocenters. The van der Waals surface area contributed by atoms with Gasteiger partial charge in [-0.05, 0) is 35.9 Å². The van der Waals surface area contributed by atoms with Gasteiger partial charge in [0.1, 0.15) is 0 Å². The van der Waals surface area contributed by atoms with Crippen LogP contribution in [0.15, 0.2) is 52.6 Å². The van der Waals surface area contributed by atoms with E-state index in [1.807, 2.05) is 0 Å². The highest BCUT2D eigenvalue weighted by atomic mass is 35.5. The van der Waals surface area contributed by atoms with E-state index in [0.717, 1.165) is 5.56 Å². The molecular weight excluding hydrogens is 382 g/mol. The first-order chi connectivity index (χ1) is 13.5. The molecule has 0 bridgehead atoms. The van der Waals surface area contributed by atoms with E-state index in [0.29, 0.717) is 16.1 Å². The van der Waals surface area contributed by atoms with Crippen molar-refractivity contribution in [1.82, 2.24) is 30.2 Å². The Morgan fingerprint density at radius 1 is 1.18 bits per heavy atom. The molecule has 0 radical (unpaired) electrons. The Labute approximate surface area is 162 Å². The summed E-state index contributed by atoms with van der Waals surface area (Å²) in [6, 6.07) is 8.41. The van der Waals surface area contributed by atoms with Crippen LogP contribution >= 0.6 is 11.6 Å². The van der Waals surface area contributed by atoms with E-state index < -0.39 is 11.3 Å². The van der Waals surface area contributed by atoms with E-state index in [-0.39, 0.29) is 16.9 Å². The second kappa shape index (κ2) is 7.12. The Morgan fingerprint density at radius 2 is 1.96 bits per heavy atom. The summed E-state index contributed by atoms with van der Waals surface area (Å²) >= 11 is 5.98. The van der Waals surface area contributed by atoms with Gasteiger partial charge in [0.15, 0.2) is 16.9 Å². The minimum Gasteiger partial charge on any atom is -0.285 e. The zero-order valence-corrected chi connectivity index (χ0v) is 15.3. The molecule has 28 heavy (non-hydrogen) atoms. The Hall–Kier alpha value is -3.72. The summed E-state index contributed by atoms with van der Waals surface area (Å²) in [7, 11) is 1.58. The molecule has 138 valence electrons. The lowest BCUT2D eigenvalue weighted by Gasteiger charge is -2.07. The molecule has 10 heteroatoms. The van der Waals surface area contributed by atoms with Gasteiger partial charge in [-0.25, -0.2) is 20.1 Å². The third-order valence-corrected chi connectivity index (χ3v) is 4.13. The first-order valence-electron chi connectivity index (χ1n) is 8.11. The van der Waals surface area contributed by atoms with Crippen LogP contribution in [0.1, 0.15) is 16.1 Å². The van der Waals surface area contributed by atoms with E-state index in [9.17, 15) is 9.59 Å². The minimum absolute atomic E-state index is 0.0236. The maximum absolute atomic E-state index is 12.8. The standard InChI is InChI=1S/C18H12ClN7O2/c1-26-17-14(22-13-8-11(19)2-3-12(13)23-17)16(27)15(25-26)18(28)24-21-9-10-4-6-20-7-5-10/h2-9H,1H3,(H,24,28)/b21-9+. The number of halogens is 1. The molecule has 0 aliphatic heterocycles. The molecule has 3 aromatic heterocycles. The third-order valence-electron chi connectivity index (χ3n) is 3.90. The number of fused-ring (bicyclic) bond motifs is 2. The number of hydrazone groups is 1. The number of pyridine rings is 1. The van der Waals surface area contributed by atoms with Gasteiger partial charge in [-0.3, -0.25) is 14.6 Å². The number of aromatic nitrogens is 5. The molecule has 0 fully saturated rings. The van der Waals surface area contributed by atoms with Crippen molar-refractivity contribution in [3.8, 4) is 0 Å². The van der Waals surface area contributed by atoms with Crippen molar-refractivity contribution in [2.45, 2.75) is 0 Å². The summed E-state index contributed by atoms with van der Waals surface area (Å²) in [6.45, 7) is 0. The van der Waals surface area contributed by atoms with E-state index in [1.165, 1.54) is 10.9 Å². The highest BCUT2D eigenvalue weighted by molar-refractivity contribution is 6.31. The van der Waals surface area contributed by atoms with Gasteiger partial charge in [0.05, 0.1) is 17.2 Å². The molecule has 0 atom stereocenters. The summed E-state index contributed by atoms with van der Waals surface area (Å²) in [5.74, 6) is -0.749. The summed E-state index contributed by atoms with van der Waals surface area (Å²) < 4.78 is 1.33. The average Bonchev–Trinajstić information content (AvgIpc) is 2.70. The maximum Gasteiger partial charge on any atom is 0.295 e. The summed E-state index contributed by atoms with van der Waals surface area (Å²) in [4.78, 5) is 37.7. The van der Waals surface area contributed by atoms with Gasteiger partial charge in [-0.15, -0.1) is 0 Å². The molecule has 4 aromatic rings. The van der Waals surface area contributed by atoms with Crippen molar-refractivity contribution in [2.24, 2.45) is 12.1 Å². The molecule has 1 amide bonds. The van der Waals surface area contributed by atoms with Crippen molar-refractivity contribution in [1.29, 1.82) is 0 Å². The van der Waals surface area contributed by atoms with Gasteiger partial charge < -0.3 is 0 Å². The zero-order valence-electron chi connectivity index (χ0n) is 14.5. The van der Waals surface area contributed by atoms with Crippen molar-refractivity contribution < 1.29 is 4.79 Å². The molecule has 9 nitrogen and oxygen atoms in total. The molecule has 0 aliphatic carbocycles. The average molecular weight is 394 g/mol. The fourth-order valence-electron chi connectivity index (χ4n) is 2.57. The number of rotatable bonds is 3. The molecule has 0 saturated carbocycles. The van der Waals surface area contributed by atoms with Gasteiger partial charge in [-0.2, -0.15) is 10.2 Å². The van der Waals surface area contributed by atoms with Gasteiger partial charge in [-0.1, -0.05) is 11.6 Å². The molecular formula is C18H12ClN7O2. The van der Waals surface area contributed by atoms with E-state index in [4.69, 9.17) is 11.6 Å². The molecule has 1 aromatic carbocycles. The van der Waals surface area contributed by atoms with Crippen molar-refractivity contribution in [3.63, 3.8) is 0 Å². The Kier molecular flexibility index (Phi) is 4.50. The Bertz CT molecular complexity index is 1300. The fourth-order valence-corrected chi connectivity index (χ4v) is 2.73. The van der Waals surface area contributed by atoms with Crippen molar-refractivity contribution in [2.75, 3.05) is 0 Å². The molecule has 4 rings (SSSR count). The number of amides is 1. The number of carbonyl (C=O) groups is 1. The number of nitrogens with zero attached hydrogens (tertiary/aromatic N) is 6. The van der Waals surface area contributed by atoms with Gasteiger partial charge >= 0.3 is 0 Å². The molecule has 0 saturated heterocycles. The summed E-state index contributed by atoms with van der Waals surface area (Å²) in [5, 5.41) is 8.33. The number of hydrogen-bond acceptors (Lipinski definition) is 7. The first-order valence-corrected chi connectivity index (χ1v) is 8.48. The Balaban J connectivity index is 1.73. The number of nitrogens with one attached hydrogen (secondary N) is 1. The minimum atomic E-state index is -0.749. The van der Waals surface area contributed by atoms with Crippen LogP contribution in [0.4, 0.5) is 0 Å². The highest BCUT2D eigenvalue weighted by Crippen LogP contribution is 2.18. The lowest BCUT2D eigenvalue weighted by atomic mass is 10.2. The first kappa shape index (κ1) is 17.7. The topological polar surface area (TPSA) is 115 Å². The van der Waals surface area contributed by atoms with Gasteiger partial charge in [0.2, 0.25) is 5.43 Å². The molecule has 0 spiro atoms. The van der Waals surface area contributed by atoms with E-state index in [1.54, 1.807) is 49.8 Å². The van der Waals surface area contributed by atoms with Gasteiger partial charge in [0.25, 0.3) is 5.91 Å². The van der Waals surface area contributed by atoms with Crippen LogP contribution in [0.2, 0.25) is 5.02 Å². The second-order valence-corrected chi connectivity index (χ2v) is 6.25. The maximum atomic E-state index is 12.8. The normalized spacial score (nSPS) is 11.4. The zero-order chi connectivity index (χ0) is 19.7.